The van der Waals surface area contributed by atoms with Gasteiger partial charge in [0.25, 0.3) is 0 Å². The number of aliphatic hydroxyl groups excluding tert-OH is 1. The maximum atomic E-state index is 13.6. The highest BCUT2D eigenvalue weighted by Gasteiger charge is 2.28. The Balaban J connectivity index is 2.18. The molecule has 110 valence electrons. The Bertz CT molecular complexity index is 639. The first-order valence-corrected chi connectivity index (χ1v) is 7.25. The Morgan fingerprint density at radius 3 is 2.62 bits per heavy atom. The molecule has 0 saturated carbocycles. The highest BCUT2D eigenvalue weighted by Crippen LogP contribution is 2.40. The molecule has 0 spiro atoms. The lowest BCUT2D eigenvalue weighted by Crippen LogP contribution is -2.07. The van der Waals surface area contributed by atoms with Gasteiger partial charge >= 0.3 is 0 Å². The molecule has 2 atom stereocenters. The SMILES string of the molecule is COC1c2ccc(F)cc2CC(CCO)c2ccccc21. The summed E-state index contributed by atoms with van der Waals surface area (Å²) in [7, 11) is 1.68. The van der Waals surface area contributed by atoms with Gasteiger partial charge in [0.05, 0.1) is 0 Å². The lowest BCUT2D eigenvalue weighted by atomic mass is 9.89. The number of ether oxygens (including phenoxy) is 1. The van der Waals surface area contributed by atoms with Crippen molar-refractivity contribution in [2.75, 3.05) is 13.7 Å². The molecule has 0 radical (unpaired) electrons. The van der Waals surface area contributed by atoms with E-state index in [4.69, 9.17) is 4.74 Å². The second-order valence-corrected chi connectivity index (χ2v) is 5.50. The maximum Gasteiger partial charge on any atom is 0.123 e. The number of halogens is 1. The van der Waals surface area contributed by atoms with Crippen LogP contribution < -0.4 is 0 Å². The molecule has 3 heteroatoms. The van der Waals surface area contributed by atoms with Crippen molar-refractivity contribution in [2.24, 2.45) is 0 Å². The summed E-state index contributed by atoms with van der Waals surface area (Å²) in [5.74, 6) is -0.0378. The van der Waals surface area contributed by atoms with Crippen LogP contribution in [0.3, 0.4) is 0 Å². The quantitative estimate of drug-likeness (QED) is 0.934. The molecule has 0 aliphatic heterocycles. The van der Waals surface area contributed by atoms with Gasteiger partial charge < -0.3 is 9.84 Å². The fourth-order valence-electron chi connectivity index (χ4n) is 3.34. The molecule has 0 bridgehead atoms. The van der Waals surface area contributed by atoms with Crippen LogP contribution >= 0.6 is 0 Å². The van der Waals surface area contributed by atoms with E-state index in [1.165, 1.54) is 11.6 Å². The van der Waals surface area contributed by atoms with Crippen molar-refractivity contribution in [2.45, 2.75) is 24.9 Å². The molecule has 0 aromatic heterocycles. The van der Waals surface area contributed by atoms with Crippen molar-refractivity contribution in [3.05, 3.63) is 70.5 Å². The van der Waals surface area contributed by atoms with Gasteiger partial charge in [-0.05, 0) is 53.1 Å². The van der Waals surface area contributed by atoms with E-state index in [0.29, 0.717) is 6.42 Å². The summed E-state index contributed by atoms with van der Waals surface area (Å²) in [5.41, 5.74) is 4.29. The molecule has 2 aromatic carbocycles. The number of hydrogen-bond acceptors (Lipinski definition) is 2. The Labute approximate surface area is 124 Å². The van der Waals surface area contributed by atoms with E-state index >= 15 is 0 Å². The molecule has 3 rings (SSSR count). The van der Waals surface area contributed by atoms with Crippen LogP contribution in [0.25, 0.3) is 0 Å². The molecule has 1 aliphatic carbocycles. The number of benzene rings is 2. The first-order valence-electron chi connectivity index (χ1n) is 7.25. The molecule has 2 aromatic rings. The van der Waals surface area contributed by atoms with Crippen LogP contribution in [0.1, 0.15) is 40.7 Å². The summed E-state index contributed by atoms with van der Waals surface area (Å²) in [4.78, 5) is 0. The Kier molecular flexibility index (Phi) is 4.04. The third-order valence-corrected chi connectivity index (χ3v) is 4.29. The van der Waals surface area contributed by atoms with Crippen LogP contribution in [0.4, 0.5) is 4.39 Å². The van der Waals surface area contributed by atoms with Gasteiger partial charge in [-0.15, -0.1) is 0 Å². The average Bonchev–Trinajstić information content (AvgIpc) is 2.62. The van der Waals surface area contributed by atoms with Crippen LogP contribution in [-0.2, 0) is 11.2 Å². The van der Waals surface area contributed by atoms with E-state index in [9.17, 15) is 9.50 Å². The molecule has 1 aliphatic rings. The number of fused-ring (bicyclic) bond motifs is 2. The van der Waals surface area contributed by atoms with Gasteiger partial charge in [-0.3, -0.25) is 0 Å². The number of rotatable bonds is 3. The molecule has 0 saturated heterocycles. The molecular weight excluding hydrogens is 267 g/mol. The van der Waals surface area contributed by atoms with Crippen LogP contribution in [0.5, 0.6) is 0 Å². The van der Waals surface area contributed by atoms with Crippen molar-refractivity contribution in [3.8, 4) is 0 Å². The van der Waals surface area contributed by atoms with E-state index < -0.39 is 0 Å². The summed E-state index contributed by atoms with van der Waals surface area (Å²) >= 11 is 0. The summed E-state index contributed by atoms with van der Waals surface area (Å²) in [6.45, 7) is 0.126. The van der Waals surface area contributed by atoms with Gasteiger partial charge in [0, 0.05) is 13.7 Å². The largest absolute Gasteiger partial charge is 0.396 e. The van der Waals surface area contributed by atoms with E-state index in [0.717, 1.165) is 23.1 Å². The minimum absolute atomic E-state index is 0.126. The topological polar surface area (TPSA) is 29.5 Å². The zero-order valence-electron chi connectivity index (χ0n) is 12.1. The summed E-state index contributed by atoms with van der Waals surface area (Å²) < 4.78 is 19.3. The number of hydrogen-bond donors (Lipinski definition) is 1. The molecule has 0 amide bonds. The fourth-order valence-corrected chi connectivity index (χ4v) is 3.34. The van der Waals surface area contributed by atoms with Gasteiger partial charge in [0.2, 0.25) is 0 Å². The third kappa shape index (κ3) is 2.59. The van der Waals surface area contributed by atoms with Crippen molar-refractivity contribution in [3.63, 3.8) is 0 Å². The zero-order valence-corrected chi connectivity index (χ0v) is 12.1. The Hall–Kier alpha value is -1.71. The third-order valence-electron chi connectivity index (χ3n) is 4.29. The predicted octanol–water partition coefficient (Wildman–Crippen LogP) is 3.58. The number of methoxy groups -OCH3 is 1. The fraction of sp³-hybridized carbons (Fsp3) is 0.333. The second kappa shape index (κ2) is 5.96. The Morgan fingerprint density at radius 2 is 1.90 bits per heavy atom. The van der Waals surface area contributed by atoms with E-state index in [2.05, 4.69) is 12.1 Å². The first kappa shape index (κ1) is 14.2. The van der Waals surface area contributed by atoms with Crippen LogP contribution in [-0.4, -0.2) is 18.8 Å². The van der Waals surface area contributed by atoms with Gasteiger partial charge in [0.15, 0.2) is 0 Å². The standard InChI is InChI=1S/C18H19FO2/c1-21-18-16-7-6-14(19)11-13(16)10-12(8-9-20)15-4-2-3-5-17(15)18/h2-7,11-12,18,20H,8-10H2,1H3. The van der Waals surface area contributed by atoms with Crippen LogP contribution in [0.2, 0.25) is 0 Å². The lowest BCUT2D eigenvalue weighted by molar-refractivity contribution is 0.135. The average molecular weight is 286 g/mol. The van der Waals surface area contributed by atoms with Crippen molar-refractivity contribution < 1.29 is 14.2 Å². The summed E-state index contributed by atoms with van der Waals surface area (Å²) in [6.07, 6.45) is 1.22. The smallest absolute Gasteiger partial charge is 0.123 e. The zero-order chi connectivity index (χ0) is 14.8. The lowest BCUT2D eigenvalue weighted by Gasteiger charge is -2.20. The second-order valence-electron chi connectivity index (χ2n) is 5.50. The summed E-state index contributed by atoms with van der Waals surface area (Å²) in [6, 6.07) is 13.0. The minimum Gasteiger partial charge on any atom is -0.396 e. The molecule has 2 nitrogen and oxygen atoms in total. The van der Waals surface area contributed by atoms with Crippen molar-refractivity contribution in [1.29, 1.82) is 0 Å². The molecular formula is C18H19FO2. The van der Waals surface area contributed by atoms with Gasteiger partial charge in [-0.1, -0.05) is 30.3 Å². The monoisotopic (exact) mass is 286 g/mol. The van der Waals surface area contributed by atoms with Crippen LogP contribution in [0, 0.1) is 5.82 Å². The first-order chi connectivity index (χ1) is 10.2. The van der Waals surface area contributed by atoms with E-state index in [-0.39, 0.29) is 24.4 Å². The van der Waals surface area contributed by atoms with Crippen molar-refractivity contribution in [1.82, 2.24) is 0 Å². The van der Waals surface area contributed by atoms with Crippen molar-refractivity contribution >= 4 is 0 Å². The maximum absolute atomic E-state index is 13.6. The van der Waals surface area contributed by atoms with Gasteiger partial charge in [-0.2, -0.15) is 0 Å². The van der Waals surface area contributed by atoms with E-state index in [1.807, 2.05) is 18.2 Å². The highest BCUT2D eigenvalue weighted by atomic mass is 19.1. The minimum atomic E-state index is -0.225. The summed E-state index contributed by atoms with van der Waals surface area (Å²) in [5, 5.41) is 9.36. The van der Waals surface area contributed by atoms with E-state index in [1.54, 1.807) is 13.2 Å². The molecule has 0 heterocycles. The van der Waals surface area contributed by atoms with Crippen LogP contribution in [0.15, 0.2) is 42.5 Å². The van der Waals surface area contributed by atoms with Gasteiger partial charge in [0.1, 0.15) is 11.9 Å². The van der Waals surface area contributed by atoms with Gasteiger partial charge in [-0.25, -0.2) is 4.39 Å². The molecule has 0 fully saturated rings. The predicted molar refractivity (Wildman–Crippen MR) is 79.8 cm³/mol. The molecule has 1 N–H and O–H groups in total. The normalized spacial score (nSPS) is 20.5. The highest BCUT2D eigenvalue weighted by molar-refractivity contribution is 5.45. The number of aliphatic hydroxyl groups is 1. The Morgan fingerprint density at radius 1 is 1.14 bits per heavy atom. The molecule has 2 unspecified atom stereocenters. The molecule has 21 heavy (non-hydrogen) atoms.